The summed E-state index contributed by atoms with van der Waals surface area (Å²) in [4.78, 5) is 16.0. The average molecular weight is 236 g/mol. The lowest BCUT2D eigenvalue weighted by Gasteiger charge is -2.20. The second-order valence-corrected chi connectivity index (χ2v) is 4.19. The summed E-state index contributed by atoms with van der Waals surface area (Å²) in [6, 6.07) is 3.53. The molecule has 1 aromatic heterocycles. The molecule has 1 aromatic rings. The van der Waals surface area contributed by atoms with Crippen LogP contribution in [-0.2, 0) is 0 Å². The van der Waals surface area contributed by atoms with Gasteiger partial charge in [-0.15, -0.1) is 0 Å². The Morgan fingerprint density at radius 2 is 2.24 bits per heavy atom. The Labute approximate surface area is 102 Å². The van der Waals surface area contributed by atoms with E-state index in [1.165, 1.54) is 0 Å². The fourth-order valence-corrected chi connectivity index (χ4v) is 1.48. The Morgan fingerprint density at radius 3 is 2.82 bits per heavy atom. The number of pyridine rings is 1. The number of anilines is 1. The zero-order chi connectivity index (χ0) is 12.8. The van der Waals surface area contributed by atoms with Gasteiger partial charge in [-0.25, -0.2) is 10.8 Å². The first-order chi connectivity index (χ1) is 8.10. The van der Waals surface area contributed by atoms with Gasteiger partial charge >= 0.3 is 0 Å². The van der Waals surface area contributed by atoms with Crippen LogP contribution in [0.2, 0.25) is 0 Å². The summed E-state index contributed by atoms with van der Waals surface area (Å²) in [7, 11) is 0. The van der Waals surface area contributed by atoms with Crippen molar-refractivity contribution in [1.82, 2.24) is 10.3 Å². The Hall–Kier alpha value is -1.62. The highest BCUT2D eigenvalue weighted by Gasteiger charge is 2.16. The molecule has 4 N–H and O–H groups in total. The van der Waals surface area contributed by atoms with E-state index >= 15 is 0 Å². The molecule has 5 nitrogen and oxygen atoms in total. The van der Waals surface area contributed by atoms with Crippen molar-refractivity contribution < 1.29 is 4.79 Å². The number of aromatic nitrogens is 1. The first-order valence-electron chi connectivity index (χ1n) is 5.82. The topological polar surface area (TPSA) is 80.0 Å². The summed E-state index contributed by atoms with van der Waals surface area (Å²) in [5.74, 6) is 5.98. The first-order valence-corrected chi connectivity index (χ1v) is 5.82. The molecule has 94 valence electrons. The number of hydrogen-bond donors (Lipinski definition) is 3. The molecular formula is C12H20N4O. The maximum Gasteiger partial charge on any atom is 0.255 e. The van der Waals surface area contributed by atoms with Crippen LogP contribution in [0, 0.1) is 5.92 Å². The van der Waals surface area contributed by atoms with Crippen molar-refractivity contribution >= 4 is 11.7 Å². The molecule has 0 spiro atoms. The minimum Gasteiger partial charge on any atom is -0.349 e. The molecule has 1 rings (SSSR count). The van der Waals surface area contributed by atoms with E-state index in [1.807, 2.05) is 6.92 Å². The number of carbonyl (C=O) groups is 1. The van der Waals surface area contributed by atoms with E-state index in [1.54, 1.807) is 18.3 Å². The summed E-state index contributed by atoms with van der Waals surface area (Å²) in [5.41, 5.74) is 2.88. The van der Waals surface area contributed by atoms with Crippen LogP contribution in [0.4, 0.5) is 5.82 Å². The standard InChI is InChI=1S/C12H20N4O/c1-4-8(2)9(3)15-12(17)10-6-5-7-14-11(10)16-13/h5-9H,4,13H2,1-3H3,(H,14,16)(H,15,17). The smallest absolute Gasteiger partial charge is 0.255 e. The Kier molecular flexibility index (Phi) is 4.90. The number of nitrogen functional groups attached to an aromatic ring is 1. The number of rotatable bonds is 5. The summed E-state index contributed by atoms with van der Waals surface area (Å²) in [5, 5.41) is 2.95. The Morgan fingerprint density at radius 1 is 1.53 bits per heavy atom. The molecule has 2 unspecified atom stereocenters. The van der Waals surface area contributed by atoms with Gasteiger partial charge in [0.25, 0.3) is 5.91 Å². The predicted octanol–water partition coefficient (Wildman–Crippen LogP) is 1.53. The average Bonchev–Trinajstić information content (AvgIpc) is 2.37. The van der Waals surface area contributed by atoms with E-state index in [9.17, 15) is 4.79 Å². The van der Waals surface area contributed by atoms with E-state index in [2.05, 4.69) is 29.6 Å². The summed E-state index contributed by atoms with van der Waals surface area (Å²) in [6.45, 7) is 6.21. The molecule has 0 radical (unpaired) electrons. The predicted molar refractivity (Wildman–Crippen MR) is 68.4 cm³/mol. The van der Waals surface area contributed by atoms with E-state index in [0.29, 0.717) is 17.3 Å². The van der Waals surface area contributed by atoms with Crippen molar-refractivity contribution in [3.63, 3.8) is 0 Å². The fourth-order valence-electron chi connectivity index (χ4n) is 1.48. The molecule has 17 heavy (non-hydrogen) atoms. The molecule has 0 aliphatic rings. The number of nitrogens with one attached hydrogen (secondary N) is 2. The minimum absolute atomic E-state index is 0.123. The second-order valence-electron chi connectivity index (χ2n) is 4.19. The quantitative estimate of drug-likeness (QED) is 0.535. The number of hydrazine groups is 1. The maximum absolute atomic E-state index is 12.0. The first kappa shape index (κ1) is 13.4. The van der Waals surface area contributed by atoms with Crippen LogP contribution in [-0.4, -0.2) is 16.9 Å². The zero-order valence-corrected chi connectivity index (χ0v) is 10.5. The van der Waals surface area contributed by atoms with Gasteiger partial charge in [-0.2, -0.15) is 0 Å². The largest absolute Gasteiger partial charge is 0.349 e. The fraction of sp³-hybridized carbons (Fsp3) is 0.500. The van der Waals surface area contributed by atoms with Gasteiger partial charge in [0.15, 0.2) is 5.82 Å². The van der Waals surface area contributed by atoms with Crippen LogP contribution in [0.3, 0.4) is 0 Å². The minimum atomic E-state index is -0.154. The van der Waals surface area contributed by atoms with Crippen LogP contribution in [0.15, 0.2) is 18.3 Å². The molecule has 2 atom stereocenters. The lowest BCUT2D eigenvalue weighted by atomic mass is 10.0. The molecule has 0 bridgehead atoms. The third-order valence-corrected chi connectivity index (χ3v) is 3.05. The Balaban J connectivity index is 2.76. The third-order valence-electron chi connectivity index (χ3n) is 3.05. The van der Waals surface area contributed by atoms with E-state index in [0.717, 1.165) is 6.42 Å². The number of hydrogen-bond acceptors (Lipinski definition) is 4. The highest BCUT2D eigenvalue weighted by molar-refractivity contribution is 5.98. The summed E-state index contributed by atoms with van der Waals surface area (Å²) >= 11 is 0. The summed E-state index contributed by atoms with van der Waals surface area (Å²) < 4.78 is 0. The third kappa shape index (κ3) is 3.42. The lowest BCUT2D eigenvalue weighted by Crippen LogP contribution is -2.37. The van der Waals surface area contributed by atoms with Crippen LogP contribution >= 0.6 is 0 Å². The maximum atomic E-state index is 12.0. The van der Waals surface area contributed by atoms with Crippen molar-refractivity contribution in [2.75, 3.05) is 5.43 Å². The van der Waals surface area contributed by atoms with Gasteiger partial charge in [0.1, 0.15) is 0 Å². The highest BCUT2D eigenvalue weighted by Crippen LogP contribution is 2.12. The normalized spacial score (nSPS) is 13.9. The van der Waals surface area contributed by atoms with Crippen molar-refractivity contribution in [3.05, 3.63) is 23.9 Å². The number of nitrogens with two attached hydrogens (primary N) is 1. The van der Waals surface area contributed by atoms with Gasteiger partial charge in [0, 0.05) is 12.2 Å². The van der Waals surface area contributed by atoms with E-state index in [-0.39, 0.29) is 11.9 Å². The molecule has 0 saturated heterocycles. The van der Waals surface area contributed by atoms with Gasteiger partial charge in [0.2, 0.25) is 0 Å². The van der Waals surface area contributed by atoms with Crippen molar-refractivity contribution in [1.29, 1.82) is 0 Å². The van der Waals surface area contributed by atoms with Gasteiger partial charge in [0.05, 0.1) is 5.56 Å². The van der Waals surface area contributed by atoms with Crippen LogP contribution in [0.25, 0.3) is 0 Å². The highest BCUT2D eigenvalue weighted by atomic mass is 16.1. The molecule has 5 heteroatoms. The van der Waals surface area contributed by atoms with E-state index < -0.39 is 0 Å². The number of nitrogens with zero attached hydrogens (tertiary/aromatic N) is 1. The second kappa shape index (κ2) is 6.20. The van der Waals surface area contributed by atoms with Crippen molar-refractivity contribution in [2.45, 2.75) is 33.2 Å². The SMILES string of the molecule is CCC(C)C(C)NC(=O)c1cccnc1NN. The molecule has 1 amide bonds. The summed E-state index contributed by atoms with van der Waals surface area (Å²) in [6.07, 6.45) is 2.61. The van der Waals surface area contributed by atoms with Gasteiger partial charge < -0.3 is 10.7 Å². The van der Waals surface area contributed by atoms with Gasteiger partial charge in [-0.1, -0.05) is 20.3 Å². The number of carbonyl (C=O) groups excluding carboxylic acids is 1. The molecule has 0 aliphatic heterocycles. The van der Waals surface area contributed by atoms with Crippen LogP contribution in [0.5, 0.6) is 0 Å². The zero-order valence-electron chi connectivity index (χ0n) is 10.5. The molecular weight excluding hydrogens is 216 g/mol. The molecule has 1 heterocycles. The van der Waals surface area contributed by atoms with Crippen LogP contribution in [0.1, 0.15) is 37.6 Å². The molecule has 0 aliphatic carbocycles. The van der Waals surface area contributed by atoms with E-state index in [4.69, 9.17) is 5.84 Å². The Bertz CT molecular complexity index is 381. The molecule has 0 fully saturated rings. The monoisotopic (exact) mass is 236 g/mol. The van der Waals surface area contributed by atoms with Gasteiger partial charge in [-0.3, -0.25) is 4.79 Å². The number of amides is 1. The molecule has 0 aromatic carbocycles. The van der Waals surface area contributed by atoms with Crippen LogP contribution < -0.4 is 16.6 Å². The molecule has 0 saturated carbocycles. The lowest BCUT2D eigenvalue weighted by molar-refractivity contribution is 0.0928. The van der Waals surface area contributed by atoms with Crippen molar-refractivity contribution in [3.8, 4) is 0 Å². The van der Waals surface area contributed by atoms with Crippen molar-refractivity contribution in [2.24, 2.45) is 11.8 Å². The van der Waals surface area contributed by atoms with Gasteiger partial charge in [-0.05, 0) is 25.0 Å².